The lowest BCUT2D eigenvalue weighted by Crippen LogP contribution is -2.26. The molecule has 4 nitrogen and oxygen atoms in total. The molecule has 0 fully saturated rings. The number of benzene rings is 2. The lowest BCUT2D eigenvalue weighted by Gasteiger charge is -2.17. The molecule has 0 aliphatic rings. The van der Waals surface area contributed by atoms with Crippen LogP contribution in [0, 0.1) is 6.92 Å². The van der Waals surface area contributed by atoms with Gasteiger partial charge in [0, 0.05) is 30.2 Å². The largest absolute Gasteiger partial charge is 0.355 e. The average Bonchev–Trinajstić information content (AvgIpc) is 3.07. The molecule has 0 saturated heterocycles. The highest BCUT2D eigenvalue weighted by Gasteiger charge is 2.18. The number of rotatable bonds is 4. The minimum atomic E-state index is -0.179. The molecule has 3 aromatic rings. The molecule has 24 heavy (non-hydrogen) atoms. The Morgan fingerprint density at radius 2 is 1.88 bits per heavy atom. The average molecular weight is 341 g/mol. The van der Waals surface area contributed by atoms with E-state index in [4.69, 9.17) is 16.1 Å². The van der Waals surface area contributed by atoms with E-state index >= 15 is 0 Å². The van der Waals surface area contributed by atoms with Crippen molar-refractivity contribution in [3.8, 4) is 11.3 Å². The summed E-state index contributed by atoms with van der Waals surface area (Å²) < 4.78 is 5.30. The van der Waals surface area contributed by atoms with Gasteiger partial charge in [0.1, 0.15) is 0 Å². The highest BCUT2D eigenvalue weighted by molar-refractivity contribution is 6.30. The third-order valence-corrected chi connectivity index (χ3v) is 4.13. The Labute approximate surface area is 145 Å². The fraction of sp³-hybridized carbons (Fsp3) is 0.158. The normalized spacial score (nSPS) is 10.6. The number of nitrogens with zero attached hydrogens (tertiary/aromatic N) is 2. The molecule has 3 rings (SSSR count). The van der Waals surface area contributed by atoms with Gasteiger partial charge < -0.3 is 9.42 Å². The van der Waals surface area contributed by atoms with Gasteiger partial charge in [-0.15, -0.1) is 0 Å². The second kappa shape index (κ2) is 6.89. The summed E-state index contributed by atoms with van der Waals surface area (Å²) in [6.45, 7) is 2.55. The van der Waals surface area contributed by atoms with Crippen LogP contribution in [0.3, 0.4) is 0 Å². The Morgan fingerprint density at radius 1 is 1.17 bits per heavy atom. The van der Waals surface area contributed by atoms with Gasteiger partial charge in [-0.3, -0.25) is 4.79 Å². The topological polar surface area (TPSA) is 46.3 Å². The molecular weight excluding hydrogens is 324 g/mol. The predicted octanol–water partition coefficient (Wildman–Crippen LogP) is 4.58. The Bertz CT molecular complexity index is 856. The summed E-state index contributed by atoms with van der Waals surface area (Å²) in [6, 6.07) is 16.8. The molecule has 0 unspecified atom stereocenters. The van der Waals surface area contributed by atoms with E-state index in [0.29, 0.717) is 17.3 Å². The van der Waals surface area contributed by atoms with E-state index in [1.165, 1.54) is 0 Å². The number of carbonyl (C=O) groups is 1. The molecule has 122 valence electrons. The van der Waals surface area contributed by atoms with Crippen LogP contribution < -0.4 is 0 Å². The Kier molecular flexibility index (Phi) is 4.67. The summed E-state index contributed by atoms with van der Waals surface area (Å²) in [4.78, 5) is 14.2. The summed E-state index contributed by atoms with van der Waals surface area (Å²) in [5.74, 6) is 0.363. The van der Waals surface area contributed by atoms with Crippen molar-refractivity contribution in [3.05, 3.63) is 76.4 Å². The van der Waals surface area contributed by atoms with Crippen LogP contribution in [0.25, 0.3) is 11.3 Å². The number of hydrogen-bond acceptors (Lipinski definition) is 3. The van der Waals surface area contributed by atoms with E-state index in [1.807, 2.05) is 43.3 Å². The first kappa shape index (κ1) is 16.3. The molecule has 0 atom stereocenters. The van der Waals surface area contributed by atoms with Crippen LogP contribution in [0.5, 0.6) is 0 Å². The number of amides is 1. The summed E-state index contributed by atoms with van der Waals surface area (Å²) >= 11 is 5.88. The number of hydrogen-bond donors (Lipinski definition) is 0. The molecular formula is C19H17ClN2O2. The number of carbonyl (C=O) groups excluding carboxylic acids is 1. The van der Waals surface area contributed by atoms with Crippen molar-refractivity contribution in [1.29, 1.82) is 0 Å². The van der Waals surface area contributed by atoms with Gasteiger partial charge in [0.25, 0.3) is 5.91 Å². The molecule has 5 heteroatoms. The van der Waals surface area contributed by atoms with Crippen LogP contribution in [0.4, 0.5) is 0 Å². The molecule has 0 N–H and O–H groups in total. The number of aromatic nitrogens is 1. The zero-order valence-corrected chi connectivity index (χ0v) is 14.2. The van der Waals surface area contributed by atoms with E-state index in [9.17, 15) is 4.79 Å². The smallest absolute Gasteiger partial charge is 0.276 e. The van der Waals surface area contributed by atoms with Crippen LogP contribution in [-0.4, -0.2) is 23.0 Å². The molecule has 1 amide bonds. The van der Waals surface area contributed by atoms with E-state index in [0.717, 1.165) is 16.7 Å². The Morgan fingerprint density at radius 3 is 2.58 bits per heavy atom. The molecule has 0 spiro atoms. The van der Waals surface area contributed by atoms with E-state index in [1.54, 1.807) is 30.1 Å². The minimum absolute atomic E-state index is 0.179. The van der Waals surface area contributed by atoms with Crippen LogP contribution in [-0.2, 0) is 6.54 Å². The standard InChI is InChI=1S/C19H17ClN2O2/c1-13-5-3-4-6-15(13)12-22(2)19(23)17-11-18(24-21-17)14-7-9-16(20)10-8-14/h3-11H,12H2,1-2H3. The van der Waals surface area contributed by atoms with Crippen molar-refractivity contribution in [3.63, 3.8) is 0 Å². The molecule has 0 aliphatic heterocycles. The van der Waals surface area contributed by atoms with Gasteiger partial charge in [0.15, 0.2) is 11.5 Å². The molecule has 0 radical (unpaired) electrons. The highest BCUT2D eigenvalue weighted by Crippen LogP contribution is 2.23. The van der Waals surface area contributed by atoms with Gasteiger partial charge in [-0.05, 0) is 42.3 Å². The molecule has 1 aromatic heterocycles. The zero-order chi connectivity index (χ0) is 17.1. The number of aryl methyl sites for hydroxylation is 1. The molecule has 2 aromatic carbocycles. The Hall–Kier alpha value is -2.59. The van der Waals surface area contributed by atoms with Crippen LogP contribution >= 0.6 is 11.6 Å². The summed E-state index contributed by atoms with van der Waals surface area (Å²) in [6.07, 6.45) is 0. The highest BCUT2D eigenvalue weighted by atomic mass is 35.5. The second-order valence-corrected chi connectivity index (χ2v) is 6.11. The zero-order valence-electron chi connectivity index (χ0n) is 13.5. The van der Waals surface area contributed by atoms with Crippen molar-refractivity contribution in [2.45, 2.75) is 13.5 Å². The van der Waals surface area contributed by atoms with Crippen LogP contribution in [0.2, 0.25) is 5.02 Å². The molecule has 1 heterocycles. The van der Waals surface area contributed by atoms with E-state index < -0.39 is 0 Å². The monoisotopic (exact) mass is 340 g/mol. The maximum Gasteiger partial charge on any atom is 0.276 e. The lowest BCUT2D eigenvalue weighted by atomic mass is 10.1. The van der Waals surface area contributed by atoms with Crippen molar-refractivity contribution >= 4 is 17.5 Å². The summed E-state index contributed by atoms with van der Waals surface area (Å²) in [5, 5.41) is 4.55. The maximum absolute atomic E-state index is 12.5. The van der Waals surface area contributed by atoms with Crippen LogP contribution in [0.15, 0.2) is 59.1 Å². The third-order valence-electron chi connectivity index (χ3n) is 3.87. The van der Waals surface area contributed by atoms with Gasteiger partial charge in [-0.1, -0.05) is 41.0 Å². The number of halogens is 1. The van der Waals surface area contributed by atoms with Crippen molar-refractivity contribution in [2.75, 3.05) is 7.05 Å². The van der Waals surface area contributed by atoms with Crippen molar-refractivity contribution in [1.82, 2.24) is 10.1 Å². The fourth-order valence-corrected chi connectivity index (χ4v) is 2.56. The summed E-state index contributed by atoms with van der Waals surface area (Å²) in [7, 11) is 1.76. The predicted molar refractivity (Wildman–Crippen MR) is 93.9 cm³/mol. The first-order valence-corrected chi connectivity index (χ1v) is 7.95. The lowest BCUT2D eigenvalue weighted by molar-refractivity contribution is 0.0774. The molecule has 0 saturated carbocycles. The van der Waals surface area contributed by atoms with Crippen LogP contribution in [0.1, 0.15) is 21.6 Å². The van der Waals surface area contributed by atoms with Crippen molar-refractivity contribution in [2.24, 2.45) is 0 Å². The van der Waals surface area contributed by atoms with Gasteiger partial charge >= 0.3 is 0 Å². The molecule has 0 aliphatic carbocycles. The first-order valence-electron chi connectivity index (χ1n) is 7.57. The first-order chi connectivity index (χ1) is 11.5. The quantitative estimate of drug-likeness (QED) is 0.698. The van der Waals surface area contributed by atoms with E-state index in [2.05, 4.69) is 5.16 Å². The van der Waals surface area contributed by atoms with Gasteiger partial charge in [-0.25, -0.2) is 0 Å². The van der Waals surface area contributed by atoms with Crippen molar-refractivity contribution < 1.29 is 9.32 Å². The van der Waals surface area contributed by atoms with Gasteiger partial charge in [0.2, 0.25) is 0 Å². The molecule has 0 bridgehead atoms. The van der Waals surface area contributed by atoms with Gasteiger partial charge in [-0.2, -0.15) is 0 Å². The SMILES string of the molecule is Cc1ccccc1CN(C)C(=O)c1cc(-c2ccc(Cl)cc2)on1. The fourth-order valence-electron chi connectivity index (χ4n) is 2.44. The van der Waals surface area contributed by atoms with Gasteiger partial charge in [0.05, 0.1) is 0 Å². The second-order valence-electron chi connectivity index (χ2n) is 5.67. The summed E-state index contributed by atoms with van der Waals surface area (Å²) in [5.41, 5.74) is 3.37. The minimum Gasteiger partial charge on any atom is -0.355 e. The Balaban J connectivity index is 1.75. The third kappa shape index (κ3) is 3.49. The van der Waals surface area contributed by atoms with E-state index in [-0.39, 0.29) is 11.6 Å². The maximum atomic E-state index is 12.5.